The molecule has 4 rings (SSSR count). The van der Waals surface area contributed by atoms with E-state index in [0.29, 0.717) is 12.7 Å². The second kappa shape index (κ2) is 8.31. The summed E-state index contributed by atoms with van der Waals surface area (Å²) in [6.07, 6.45) is 8.43. The summed E-state index contributed by atoms with van der Waals surface area (Å²) in [5, 5.41) is 0. The summed E-state index contributed by atoms with van der Waals surface area (Å²) in [4.78, 5) is 23.0. The first-order valence-corrected chi connectivity index (χ1v) is 11.2. The molecule has 0 atom stereocenters. The third kappa shape index (κ3) is 3.85. The van der Waals surface area contributed by atoms with Crippen molar-refractivity contribution in [2.75, 3.05) is 11.6 Å². The topological polar surface area (TPSA) is 41.4 Å². The van der Waals surface area contributed by atoms with Crippen LogP contribution in [0.15, 0.2) is 23.0 Å². The normalized spacial score (nSPS) is 18.6. The van der Waals surface area contributed by atoms with Crippen molar-refractivity contribution in [2.24, 2.45) is 0 Å². The fourth-order valence-electron chi connectivity index (χ4n) is 5.04. The highest BCUT2D eigenvalue weighted by Gasteiger charge is 2.32. The van der Waals surface area contributed by atoms with E-state index in [2.05, 4.69) is 41.8 Å². The fourth-order valence-corrected chi connectivity index (χ4v) is 5.04. The predicted molar refractivity (Wildman–Crippen MR) is 119 cm³/mol. The van der Waals surface area contributed by atoms with Crippen LogP contribution in [0.5, 0.6) is 0 Å². The molecule has 5 nitrogen and oxygen atoms in total. The van der Waals surface area contributed by atoms with Gasteiger partial charge in [0, 0.05) is 23.0 Å². The van der Waals surface area contributed by atoms with Gasteiger partial charge in [-0.15, -0.1) is 0 Å². The molecule has 1 aliphatic heterocycles. The predicted octanol–water partition coefficient (Wildman–Crippen LogP) is 4.82. The van der Waals surface area contributed by atoms with Gasteiger partial charge in [-0.1, -0.05) is 50.3 Å². The molecule has 0 saturated heterocycles. The lowest BCUT2D eigenvalue weighted by molar-refractivity contribution is 0.123. The van der Waals surface area contributed by atoms with Crippen LogP contribution in [0.1, 0.15) is 67.8 Å². The lowest BCUT2D eigenvalue weighted by atomic mass is 10.1. The monoisotopic (exact) mass is 394 g/mol. The van der Waals surface area contributed by atoms with Gasteiger partial charge in [-0.2, -0.15) is 0 Å². The fraction of sp³-hybridized carbons (Fsp3) is 0.583. The molecular formula is C24H34N4O. The molecule has 2 aromatic rings. The molecule has 0 spiro atoms. The van der Waals surface area contributed by atoms with Crippen molar-refractivity contribution in [3.63, 3.8) is 0 Å². The Hall–Kier alpha value is -2.14. The van der Waals surface area contributed by atoms with Crippen molar-refractivity contribution in [3.8, 4) is 0 Å². The van der Waals surface area contributed by atoms with Gasteiger partial charge in [0.2, 0.25) is 5.95 Å². The Bertz CT molecular complexity index is 941. The minimum absolute atomic E-state index is 0.128. The van der Waals surface area contributed by atoms with Gasteiger partial charge in [0.15, 0.2) is 0 Å². The Morgan fingerprint density at radius 1 is 1.03 bits per heavy atom. The highest BCUT2D eigenvalue weighted by atomic mass is 16.1. The largest absolute Gasteiger partial charge is 0.298 e. The summed E-state index contributed by atoms with van der Waals surface area (Å²) >= 11 is 0. The van der Waals surface area contributed by atoms with Crippen molar-refractivity contribution in [3.05, 3.63) is 50.9 Å². The smallest absolute Gasteiger partial charge is 0.259 e. The maximum absolute atomic E-state index is 13.3. The van der Waals surface area contributed by atoms with Gasteiger partial charge in [-0.3, -0.25) is 19.2 Å². The Morgan fingerprint density at radius 2 is 1.76 bits per heavy atom. The zero-order chi connectivity index (χ0) is 20.5. The molecule has 29 heavy (non-hydrogen) atoms. The molecule has 1 aromatic carbocycles. The van der Waals surface area contributed by atoms with E-state index >= 15 is 0 Å². The lowest BCUT2D eigenvalue weighted by Gasteiger charge is -2.42. The van der Waals surface area contributed by atoms with Crippen LogP contribution in [0, 0.1) is 20.8 Å². The average Bonchev–Trinajstić information content (AvgIpc) is 2.98. The van der Waals surface area contributed by atoms with Crippen LogP contribution in [0.25, 0.3) is 0 Å². The number of hydrogen-bond donors (Lipinski definition) is 0. The number of aromatic nitrogens is 2. The Labute approximate surface area is 174 Å². The second-order valence-electron chi connectivity index (χ2n) is 8.80. The molecule has 1 saturated carbocycles. The van der Waals surface area contributed by atoms with Crippen LogP contribution < -0.4 is 10.5 Å². The molecule has 0 radical (unpaired) electrons. The molecular weight excluding hydrogens is 360 g/mol. The van der Waals surface area contributed by atoms with E-state index in [1.54, 1.807) is 0 Å². The number of hydrogen-bond acceptors (Lipinski definition) is 4. The zero-order valence-corrected chi connectivity index (χ0v) is 18.4. The van der Waals surface area contributed by atoms with Gasteiger partial charge in [0.1, 0.15) is 0 Å². The van der Waals surface area contributed by atoms with Crippen molar-refractivity contribution in [1.29, 1.82) is 0 Å². The van der Waals surface area contributed by atoms with Crippen molar-refractivity contribution in [1.82, 2.24) is 14.5 Å². The quantitative estimate of drug-likeness (QED) is 0.700. The Kier molecular flexibility index (Phi) is 5.77. The maximum atomic E-state index is 13.3. The summed E-state index contributed by atoms with van der Waals surface area (Å²) in [5.41, 5.74) is 5.47. The molecule has 0 bridgehead atoms. The molecule has 2 aliphatic rings. The summed E-state index contributed by atoms with van der Waals surface area (Å²) in [6, 6.07) is 7.09. The van der Waals surface area contributed by atoms with E-state index in [1.165, 1.54) is 49.7 Å². The zero-order valence-electron chi connectivity index (χ0n) is 18.4. The van der Waals surface area contributed by atoms with Gasteiger partial charge >= 0.3 is 0 Å². The summed E-state index contributed by atoms with van der Waals surface area (Å²) in [7, 11) is 0. The number of benzene rings is 1. The first kappa shape index (κ1) is 20.1. The van der Waals surface area contributed by atoms with E-state index in [1.807, 2.05) is 18.4 Å². The second-order valence-corrected chi connectivity index (χ2v) is 8.80. The van der Waals surface area contributed by atoms with Crippen LogP contribution >= 0.6 is 0 Å². The van der Waals surface area contributed by atoms with Crippen molar-refractivity contribution >= 4 is 11.6 Å². The highest BCUT2D eigenvalue weighted by Crippen LogP contribution is 2.33. The van der Waals surface area contributed by atoms with Crippen LogP contribution in [0.4, 0.5) is 11.6 Å². The van der Waals surface area contributed by atoms with Gasteiger partial charge in [0.05, 0.1) is 13.3 Å². The van der Waals surface area contributed by atoms with E-state index < -0.39 is 0 Å². The van der Waals surface area contributed by atoms with Crippen molar-refractivity contribution in [2.45, 2.75) is 85.4 Å². The van der Waals surface area contributed by atoms with Crippen LogP contribution in [0.2, 0.25) is 0 Å². The van der Waals surface area contributed by atoms with Crippen LogP contribution in [-0.2, 0) is 13.1 Å². The van der Waals surface area contributed by atoms with E-state index in [4.69, 9.17) is 4.98 Å². The van der Waals surface area contributed by atoms with E-state index in [9.17, 15) is 4.79 Å². The third-order valence-electron chi connectivity index (χ3n) is 6.67. The molecule has 1 fully saturated rings. The van der Waals surface area contributed by atoms with E-state index in [0.717, 1.165) is 36.0 Å². The Morgan fingerprint density at radius 3 is 2.41 bits per heavy atom. The average molecular weight is 395 g/mol. The molecule has 156 valence electrons. The number of anilines is 2. The minimum Gasteiger partial charge on any atom is -0.298 e. The van der Waals surface area contributed by atoms with E-state index in [-0.39, 0.29) is 5.56 Å². The molecule has 2 heterocycles. The molecule has 0 N–H and O–H groups in total. The number of aryl methyl sites for hydroxylation is 3. The molecule has 0 unspecified atom stereocenters. The van der Waals surface area contributed by atoms with Gasteiger partial charge < -0.3 is 0 Å². The summed E-state index contributed by atoms with van der Waals surface area (Å²) < 4.78 is 1.92. The summed E-state index contributed by atoms with van der Waals surface area (Å²) in [6.45, 7) is 9.75. The number of fused-ring (bicyclic) bond motifs is 1. The maximum Gasteiger partial charge on any atom is 0.259 e. The van der Waals surface area contributed by atoms with Gasteiger partial charge in [-0.25, -0.2) is 4.98 Å². The third-order valence-corrected chi connectivity index (χ3v) is 6.67. The lowest BCUT2D eigenvalue weighted by Crippen LogP contribution is -2.51. The van der Waals surface area contributed by atoms with Gasteiger partial charge in [-0.05, 0) is 51.7 Å². The molecule has 0 amide bonds. The first-order valence-electron chi connectivity index (χ1n) is 11.2. The molecule has 1 aromatic heterocycles. The number of rotatable bonds is 3. The summed E-state index contributed by atoms with van der Waals surface area (Å²) in [5.74, 6) is 0.793. The Balaban J connectivity index is 1.82. The van der Waals surface area contributed by atoms with Gasteiger partial charge in [0.25, 0.3) is 5.56 Å². The SMILES string of the molecule is CCc1c(C)nc2n(c1=O)CN(C1CCCCCC1)CN2c1ccc(C)cc1C. The van der Waals surface area contributed by atoms with Crippen LogP contribution in [-0.4, -0.2) is 27.2 Å². The minimum atomic E-state index is 0.128. The standard InChI is InChI=1S/C24H34N4O/c1-5-21-19(4)25-24-27(22-13-12-17(2)14-18(22)3)15-26(16-28(24)23(21)29)20-10-8-6-7-9-11-20/h12-14,20H,5-11,15-16H2,1-4H3. The first-order chi connectivity index (χ1) is 14.0. The van der Waals surface area contributed by atoms with Crippen molar-refractivity contribution < 1.29 is 0 Å². The van der Waals surface area contributed by atoms with Crippen LogP contribution in [0.3, 0.4) is 0 Å². The molecule has 1 aliphatic carbocycles. The molecule has 5 heteroatoms. The number of nitrogens with zero attached hydrogens (tertiary/aromatic N) is 4. The highest BCUT2D eigenvalue weighted by molar-refractivity contribution is 5.63.